The number of nitrogens with zero attached hydrogens (tertiary/aromatic N) is 1. The van der Waals surface area contributed by atoms with Gasteiger partial charge in [-0.25, -0.2) is 0 Å². The van der Waals surface area contributed by atoms with Gasteiger partial charge in [-0.3, -0.25) is 0 Å². The minimum Gasteiger partial charge on any atom is -0.321 e. The summed E-state index contributed by atoms with van der Waals surface area (Å²) in [7, 11) is 4.46. The van der Waals surface area contributed by atoms with Crippen LogP contribution in [0, 0.1) is 0 Å². The van der Waals surface area contributed by atoms with E-state index in [-0.39, 0.29) is 0 Å². The quantitative estimate of drug-likeness (QED) is 0.282. The van der Waals surface area contributed by atoms with Crippen LogP contribution < -0.4 is 0 Å². The molecule has 44 valence electrons. The van der Waals surface area contributed by atoms with Crippen LogP contribution in [-0.2, 0) is 0 Å². The van der Waals surface area contributed by atoms with E-state index in [0.29, 0.717) is 0 Å². The van der Waals surface area contributed by atoms with Gasteiger partial charge in [0.05, 0.1) is 20.6 Å². The van der Waals surface area contributed by atoms with Crippen LogP contribution >= 0.6 is 22.6 Å². The van der Waals surface area contributed by atoms with Crippen molar-refractivity contribution in [1.82, 2.24) is 0 Å². The Labute approximate surface area is 59.4 Å². The summed E-state index contributed by atoms with van der Waals surface area (Å²) in [5, 5.41) is 0. The Balaban J connectivity index is 3.36. The Morgan fingerprint density at radius 2 is 1.86 bits per heavy atom. The number of halogens is 1. The van der Waals surface area contributed by atoms with Gasteiger partial charge in [-0.05, 0) is 29.5 Å². The van der Waals surface area contributed by atoms with Crippen LogP contribution in [0.1, 0.15) is 6.92 Å². The third-order valence-corrected chi connectivity index (χ3v) is 3.03. The molecular formula is C5H13IN+. The summed E-state index contributed by atoms with van der Waals surface area (Å²) in [6.45, 7) is 3.43. The number of hydrogen-bond acceptors (Lipinski definition) is 0. The average Bonchev–Trinajstić information content (AvgIpc) is 1.68. The lowest BCUT2D eigenvalue weighted by Gasteiger charge is -2.24. The summed E-state index contributed by atoms with van der Waals surface area (Å²) in [6.07, 6.45) is 0. The van der Waals surface area contributed by atoms with Gasteiger partial charge >= 0.3 is 0 Å². The lowest BCUT2D eigenvalue weighted by Crippen LogP contribution is -2.37. The molecule has 7 heavy (non-hydrogen) atoms. The lowest BCUT2D eigenvalue weighted by atomic mass is 10.6. The van der Waals surface area contributed by atoms with Gasteiger partial charge in [0.1, 0.15) is 4.55 Å². The van der Waals surface area contributed by atoms with Crippen LogP contribution in [0.5, 0.6) is 0 Å². The SMILES string of the molecule is CC[N+](C)(C)CI. The second-order valence-corrected chi connectivity index (χ2v) is 3.05. The molecule has 0 aliphatic rings. The first kappa shape index (κ1) is 7.69. The van der Waals surface area contributed by atoms with Crippen LogP contribution in [0.2, 0.25) is 0 Å². The predicted octanol–water partition coefficient (Wildman–Crippen LogP) is 1.48. The van der Waals surface area contributed by atoms with Gasteiger partial charge in [0.15, 0.2) is 0 Å². The Bertz CT molecular complexity index is 46.0. The molecule has 0 unspecified atom stereocenters. The van der Waals surface area contributed by atoms with E-state index in [0.717, 1.165) is 4.48 Å². The van der Waals surface area contributed by atoms with E-state index in [4.69, 9.17) is 0 Å². The summed E-state index contributed by atoms with van der Waals surface area (Å²) < 4.78 is 2.33. The average molecular weight is 214 g/mol. The highest BCUT2D eigenvalue weighted by Crippen LogP contribution is 1.98. The molecule has 0 aromatic rings. The van der Waals surface area contributed by atoms with Crippen LogP contribution in [0.15, 0.2) is 0 Å². The zero-order chi connectivity index (χ0) is 5.91. The number of quaternary nitrogens is 1. The summed E-state index contributed by atoms with van der Waals surface area (Å²) in [6, 6.07) is 0. The van der Waals surface area contributed by atoms with Crippen molar-refractivity contribution in [2.24, 2.45) is 0 Å². The molecule has 0 bridgehead atoms. The fraction of sp³-hybridized carbons (Fsp3) is 1.00. The van der Waals surface area contributed by atoms with Crippen molar-refractivity contribution in [2.45, 2.75) is 6.92 Å². The Kier molecular flexibility index (Phi) is 3.15. The van der Waals surface area contributed by atoms with Crippen molar-refractivity contribution in [2.75, 3.05) is 25.2 Å². The van der Waals surface area contributed by atoms with Crippen LogP contribution in [-0.4, -0.2) is 29.7 Å². The van der Waals surface area contributed by atoms with E-state index in [1.807, 2.05) is 0 Å². The monoisotopic (exact) mass is 214 g/mol. The molecular weight excluding hydrogens is 201 g/mol. The predicted molar refractivity (Wildman–Crippen MR) is 41.5 cm³/mol. The molecule has 0 aliphatic heterocycles. The minimum absolute atomic E-state index is 1.13. The van der Waals surface area contributed by atoms with Gasteiger partial charge in [0.2, 0.25) is 0 Å². The fourth-order valence-electron chi connectivity index (χ4n) is 0.0845. The normalized spacial score (nSPS) is 12.0. The third-order valence-electron chi connectivity index (χ3n) is 1.18. The fourth-order valence-corrected chi connectivity index (χ4v) is 0.567. The van der Waals surface area contributed by atoms with E-state index in [1.54, 1.807) is 0 Å². The molecule has 0 fully saturated rings. The zero-order valence-corrected chi connectivity index (χ0v) is 7.40. The highest BCUT2D eigenvalue weighted by Gasteiger charge is 2.06. The number of rotatable bonds is 2. The molecule has 0 saturated carbocycles. The van der Waals surface area contributed by atoms with Crippen LogP contribution in [0.4, 0.5) is 0 Å². The first-order valence-electron chi connectivity index (χ1n) is 2.50. The first-order valence-corrected chi connectivity index (χ1v) is 4.03. The van der Waals surface area contributed by atoms with Gasteiger partial charge < -0.3 is 4.48 Å². The lowest BCUT2D eigenvalue weighted by molar-refractivity contribution is -0.872. The van der Waals surface area contributed by atoms with E-state index < -0.39 is 0 Å². The maximum absolute atomic E-state index is 2.40. The Morgan fingerprint density at radius 3 is 1.86 bits per heavy atom. The molecule has 0 heterocycles. The number of alkyl halides is 1. The van der Waals surface area contributed by atoms with Gasteiger partial charge in [-0.2, -0.15) is 0 Å². The zero-order valence-electron chi connectivity index (χ0n) is 5.24. The molecule has 0 spiro atoms. The van der Waals surface area contributed by atoms with Crippen LogP contribution in [0.25, 0.3) is 0 Å². The largest absolute Gasteiger partial charge is 0.321 e. The summed E-state index contributed by atoms with van der Waals surface area (Å²) in [4.78, 5) is 0. The molecule has 2 heteroatoms. The molecule has 0 aromatic carbocycles. The van der Waals surface area contributed by atoms with Crippen molar-refractivity contribution in [3.8, 4) is 0 Å². The molecule has 0 saturated heterocycles. The van der Waals surface area contributed by atoms with Gasteiger partial charge in [0, 0.05) is 0 Å². The standard InChI is InChI=1S/C5H13IN/c1-4-7(2,3)5-6/h4-5H2,1-3H3/q+1. The van der Waals surface area contributed by atoms with Crippen molar-refractivity contribution >= 4 is 22.6 Å². The topological polar surface area (TPSA) is 0 Å². The second-order valence-electron chi connectivity index (χ2n) is 2.37. The Hall–Kier alpha value is 0.690. The molecule has 0 aliphatic carbocycles. The molecule has 0 aromatic heterocycles. The Morgan fingerprint density at radius 1 is 1.43 bits per heavy atom. The second kappa shape index (κ2) is 2.87. The van der Waals surface area contributed by atoms with E-state index in [2.05, 4.69) is 43.6 Å². The smallest absolute Gasteiger partial charge is 0.129 e. The minimum atomic E-state index is 1.13. The summed E-state index contributed by atoms with van der Waals surface area (Å²) in [5.74, 6) is 0. The van der Waals surface area contributed by atoms with Crippen molar-refractivity contribution in [3.63, 3.8) is 0 Å². The van der Waals surface area contributed by atoms with Gasteiger partial charge in [-0.15, -0.1) is 0 Å². The molecule has 0 amide bonds. The van der Waals surface area contributed by atoms with E-state index >= 15 is 0 Å². The first-order chi connectivity index (χ1) is 3.12. The van der Waals surface area contributed by atoms with E-state index in [1.165, 1.54) is 11.1 Å². The molecule has 1 nitrogen and oxygen atoms in total. The summed E-state index contributed by atoms with van der Waals surface area (Å²) in [5.41, 5.74) is 0. The maximum atomic E-state index is 2.40. The van der Waals surface area contributed by atoms with Gasteiger partial charge in [0.25, 0.3) is 0 Å². The third kappa shape index (κ3) is 3.29. The highest BCUT2D eigenvalue weighted by molar-refractivity contribution is 14.1. The van der Waals surface area contributed by atoms with Crippen molar-refractivity contribution in [1.29, 1.82) is 0 Å². The summed E-state index contributed by atoms with van der Waals surface area (Å²) >= 11 is 2.40. The van der Waals surface area contributed by atoms with Crippen molar-refractivity contribution in [3.05, 3.63) is 0 Å². The highest BCUT2D eigenvalue weighted by atomic mass is 127. The van der Waals surface area contributed by atoms with Crippen molar-refractivity contribution < 1.29 is 4.48 Å². The van der Waals surface area contributed by atoms with Gasteiger partial charge in [-0.1, -0.05) is 0 Å². The van der Waals surface area contributed by atoms with Crippen LogP contribution in [0.3, 0.4) is 0 Å². The number of hydrogen-bond donors (Lipinski definition) is 0. The molecule has 0 N–H and O–H groups in total. The maximum Gasteiger partial charge on any atom is 0.129 e. The van der Waals surface area contributed by atoms with E-state index in [9.17, 15) is 0 Å². The molecule has 0 radical (unpaired) electrons. The molecule has 0 rings (SSSR count). The molecule has 0 atom stereocenters.